The molecule has 0 spiro atoms. The minimum atomic E-state index is -2.56. The average Bonchev–Trinajstić information content (AvgIpc) is 2.95. The van der Waals surface area contributed by atoms with Crippen LogP contribution in [0.15, 0.2) is 60.7 Å². The second-order valence-electron chi connectivity index (χ2n) is 11.8. The van der Waals surface area contributed by atoms with Crippen molar-refractivity contribution in [2.75, 3.05) is 13.2 Å². The fourth-order valence-electron chi connectivity index (χ4n) is 5.96. The first-order valence-corrected chi connectivity index (χ1v) is 22.1. The second-order valence-corrected chi connectivity index (χ2v) is 25.6. The number of benzene rings is 2. The van der Waals surface area contributed by atoms with Crippen molar-refractivity contribution in [2.45, 2.75) is 116 Å². The third-order valence-electron chi connectivity index (χ3n) is 9.03. The summed E-state index contributed by atoms with van der Waals surface area (Å²) in [6, 6.07) is 28.9. The van der Waals surface area contributed by atoms with Gasteiger partial charge in [0.2, 0.25) is 0 Å². The average molecular weight is 573 g/mol. The summed E-state index contributed by atoms with van der Waals surface area (Å²) in [5.41, 5.74) is 0. The van der Waals surface area contributed by atoms with Crippen LogP contribution in [0, 0.1) is 0 Å². The number of hydrogen-bond acceptors (Lipinski definition) is 3. The summed E-state index contributed by atoms with van der Waals surface area (Å²) in [6.45, 7) is 22.3. The second kappa shape index (κ2) is 15.1. The third-order valence-corrected chi connectivity index (χ3v) is 23.4. The maximum atomic E-state index is 7.25. The molecule has 214 valence electrons. The van der Waals surface area contributed by atoms with E-state index in [0.29, 0.717) is 13.2 Å². The molecule has 2 aromatic carbocycles. The van der Waals surface area contributed by atoms with Gasteiger partial charge in [-0.2, -0.15) is 0 Å². The highest BCUT2D eigenvalue weighted by molar-refractivity contribution is 6.99. The summed E-state index contributed by atoms with van der Waals surface area (Å²) in [5, 5.41) is 2.65. The maximum Gasteiger partial charge on any atom is 0.261 e. The van der Waals surface area contributed by atoms with Crippen molar-refractivity contribution in [1.82, 2.24) is 0 Å². The lowest BCUT2D eigenvalue weighted by molar-refractivity contribution is 0.0894. The van der Waals surface area contributed by atoms with Crippen LogP contribution in [-0.2, 0) is 13.3 Å². The fourth-order valence-corrected chi connectivity index (χ4v) is 16.1. The Bertz CT molecular complexity index is 851. The van der Waals surface area contributed by atoms with Crippen molar-refractivity contribution >= 4 is 35.3 Å². The lowest BCUT2D eigenvalue weighted by Crippen LogP contribution is -2.66. The van der Waals surface area contributed by atoms with Crippen molar-refractivity contribution in [3.63, 3.8) is 0 Å². The van der Waals surface area contributed by atoms with Crippen molar-refractivity contribution < 1.29 is 13.3 Å². The molecule has 0 aliphatic heterocycles. The quantitative estimate of drug-likeness (QED) is 0.178. The Kier molecular flexibility index (Phi) is 13.2. The van der Waals surface area contributed by atoms with Crippen LogP contribution < -0.4 is 10.4 Å². The monoisotopic (exact) mass is 572 g/mol. The van der Waals surface area contributed by atoms with E-state index in [-0.39, 0.29) is 11.1 Å². The smallest absolute Gasteiger partial charge is 0.261 e. The molecule has 0 aliphatic carbocycles. The Hall–Kier alpha value is -1.03. The summed E-state index contributed by atoms with van der Waals surface area (Å²) in [7, 11) is -6.03. The van der Waals surface area contributed by atoms with E-state index in [1.807, 2.05) is 0 Å². The first-order chi connectivity index (χ1) is 18.1. The van der Waals surface area contributed by atoms with E-state index in [1.54, 1.807) is 0 Å². The van der Waals surface area contributed by atoms with Gasteiger partial charge in [-0.05, 0) is 58.1 Å². The lowest BCUT2D eigenvalue weighted by atomic mass is 10.2. The van der Waals surface area contributed by atoms with Crippen LogP contribution in [0.3, 0.4) is 0 Å². The molecule has 0 bridgehead atoms. The molecular weight excluding hydrogens is 517 g/mol. The fraction of sp³-hybridized carbons (Fsp3) is 0.625. The topological polar surface area (TPSA) is 27.7 Å². The first kappa shape index (κ1) is 33.2. The predicted molar refractivity (Wildman–Crippen MR) is 173 cm³/mol. The van der Waals surface area contributed by atoms with Gasteiger partial charge in [0.1, 0.15) is 0 Å². The van der Waals surface area contributed by atoms with Gasteiger partial charge in [-0.1, -0.05) is 123 Å². The highest BCUT2D eigenvalue weighted by atomic mass is 28.4. The Balaban J connectivity index is 2.39. The Morgan fingerprint density at radius 3 is 1.39 bits per heavy atom. The van der Waals surface area contributed by atoms with Gasteiger partial charge in [0.15, 0.2) is 16.6 Å². The molecule has 2 rings (SSSR count). The van der Waals surface area contributed by atoms with Crippen LogP contribution in [0.4, 0.5) is 0 Å². The maximum absolute atomic E-state index is 7.25. The molecule has 0 fully saturated rings. The molecule has 38 heavy (non-hydrogen) atoms. The largest absolute Gasteiger partial charge is 0.414 e. The van der Waals surface area contributed by atoms with Gasteiger partial charge in [-0.15, -0.1) is 0 Å². The molecule has 0 amide bonds. The van der Waals surface area contributed by atoms with Crippen LogP contribution in [0.5, 0.6) is 0 Å². The summed E-state index contributed by atoms with van der Waals surface area (Å²) < 4.78 is 21.2. The third kappa shape index (κ3) is 7.79. The molecule has 6 heteroatoms. The number of rotatable bonds is 17. The molecule has 0 heterocycles. The zero-order chi connectivity index (χ0) is 28.3. The molecule has 0 saturated carbocycles. The SMILES string of the molecule is CC[Si](CC)(CC)OCC(CCO[Si](c1ccccc1)(c1ccccc1)C(C)(C)C)O[Si](CC)(CC)CC. The Morgan fingerprint density at radius 2 is 1.03 bits per heavy atom. The van der Waals surface area contributed by atoms with Crippen molar-refractivity contribution in [3.8, 4) is 0 Å². The molecule has 1 atom stereocenters. The van der Waals surface area contributed by atoms with E-state index in [0.717, 1.165) is 24.6 Å². The van der Waals surface area contributed by atoms with Crippen LogP contribution in [0.2, 0.25) is 41.3 Å². The van der Waals surface area contributed by atoms with Gasteiger partial charge in [-0.25, -0.2) is 0 Å². The highest BCUT2D eigenvalue weighted by Gasteiger charge is 2.50. The summed E-state index contributed by atoms with van der Waals surface area (Å²) in [6.07, 6.45) is 0.970. The number of hydrogen-bond donors (Lipinski definition) is 0. The van der Waals surface area contributed by atoms with Gasteiger partial charge in [0.05, 0.1) is 12.7 Å². The normalized spacial score (nSPS) is 14.0. The Labute approximate surface area is 238 Å². The van der Waals surface area contributed by atoms with E-state index in [2.05, 4.69) is 123 Å². The predicted octanol–water partition coefficient (Wildman–Crippen LogP) is 8.37. The molecular formula is C32H56O3Si3. The van der Waals surface area contributed by atoms with E-state index >= 15 is 0 Å². The van der Waals surface area contributed by atoms with Crippen LogP contribution in [0.1, 0.15) is 68.7 Å². The van der Waals surface area contributed by atoms with Crippen LogP contribution in [0.25, 0.3) is 0 Å². The van der Waals surface area contributed by atoms with Crippen molar-refractivity contribution in [1.29, 1.82) is 0 Å². The van der Waals surface area contributed by atoms with E-state index < -0.39 is 25.0 Å². The highest BCUT2D eigenvalue weighted by Crippen LogP contribution is 2.37. The van der Waals surface area contributed by atoms with E-state index in [1.165, 1.54) is 28.5 Å². The molecule has 1 unspecified atom stereocenters. The summed E-state index contributed by atoms with van der Waals surface area (Å²) in [5.74, 6) is 0. The molecule has 2 aromatic rings. The molecule has 0 aliphatic rings. The molecule has 0 aromatic heterocycles. The minimum Gasteiger partial charge on any atom is -0.414 e. The molecule has 0 N–H and O–H groups in total. The zero-order valence-electron chi connectivity index (χ0n) is 25.9. The van der Waals surface area contributed by atoms with Crippen LogP contribution >= 0.6 is 0 Å². The van der Waals surface area contributed by atoms with Gasteiger partial charge in [0.25, 0.3) is 8.32 Å². The zero-order valence-corrected chi connectivity index (χ0v) is 28.9. The van der Waals surface area contributed by atoms with Crippen molar-refractivity contribution in [2.24, 2.45) is 0 Å². The van der Waals surface area contributed by atoms with Gasteiger partial charge < -0.3 is 13.3 Å². The first-order valence-electron chi connectivity index (χ1n) is 15.2. The van der Waals surface area contributed by atoms with Gasteiger partial charge >= 0.3 is 0 Å². The molecule has 0 saturated heterocycles. The Morgan fingerprint density at radius 1 is 0.605 bits per heavy atom. The summed E-state index contributed by atoms with van der Waals surface area (Å²) in [4.78, 5) is 0. The van der Waals surface area contributed by atoms with Crippen molar-refractivity contribution in [3.05, 3.63) is 60.7 Å². The van der Waals surface area contributed by atoms with Crippen LogP contribution in [-0.4, -0.2) is 44.3 Å². The van der Waals surface area contributed by atoms with E-state index in [9.17, 15) is 0 Å². The van der Waals surface area contributed by atoms with E-state index in [4.69, 9.17) is 13.3 Å². The molecule has 3 nitrogen and oxygen atoms in total. The molecule has 0 radical (unpaired) electrons. The van der Waals surface area contributed by atoms with Gasteiger partial charge in [-0.3, -0.25) is 0 Å². The van der Waals surface area contributed by atoms with Gasteiger partial charge in [0, 0.05) is 6.61 Å². The standard InChI is InChI=1S/C32H56O3Si3/c1-10-36(11-2,12-3)34-28-29(35-37(13-4,14-5)15-6)26-27-33-38(32(7,8)9,30-22-18-16-19-23-30)31-24-20-17-21-25-31/h16-25,29H,10-15,26-28H2,1-9H3. The lowest BCUT2D eigenvalue weighted by Gasteiger charge is -2.43. The minimum absolute atomic E-state index is 0.0218. The summed E-state index contributed by atoms with van der Waals surface area (Å²) >= 11 is 0.